The van der Waals surface area contributed by atoms with E-state index >= 15 is 0 Å². The molecule has 1 nitrogen and oxygen atoms in total. The third kappa shape index (κ3) is 2.89. The zero-order chi connectivity index (χ0) is 13.3. The van der Waals surface area contributed by atoms with Crippen LogP contribution in [0.15, 0.2) is 40.9 Å². The first-order valence-corrected chi connectivity index (χ1v) is 6.93. The van der Waals surface area contributed by atoms with Crippen molar-refractivity contribution < 1.29 is 5.11 Å². The fourth-order valence-electron chi connectivity index (χ4n) is 1.68. The van der Waals surface area contributed by atoms with Crippen LogP contribution in [-0.4, -0.2) is 5.11 Å². The van der Waals surface area contributed by atoms with E-state index in [9.17, 15) is 5.11 Å². The smallest absolute Gasteiger partial charge is 0.106 e. The fraction of sp³-hybridized carbons (Fsp3) is 0.143. The summed E-state index contributed by atoms with van der Waals surface area (Å²) in [6, 6.07) is 10.8. The molecule has 94 valence electrons. The average Bonchev–Trinajstić information content (AvgIpc) is 2.35. The van der Waals surface area contributed by atoms with E-state index in [2.05, 4.69) is 15.9 Å². The number of halogens is 3. The highest BCUT2D eigenvalue weighted by Crippen LogP contribution is 2.32. The van der Waals surface area contributed by atoms with Crippen LogP contribution in [0.5, 0.6) is 0 Å². The number of aliphatic hydroxyl groups is 1. The Labute approximate surface area is 124 Å². The van der Waals surface area contributed by atoms with Crippen LogP contribution in [0.3, 0.4) is 0 Å². The maximum Gasteiger partial charge on any atom is 0.106 e. The molecule has 1 N–H and O–H groups in total. The van der Waals surface area contributed by atoms with Crippen LogP contribution in [0.4, 0.5) is 0 Å². The van der Waals surface area contributed by atoms with Crippen LogP contribution in [-0.2, 0) is 0 Å². The second-order valence-electron chi connectivity index (χ2n) is 4.08. The SMILES string of the molecule is Cc1ccc(C(O)c2cc(Cl)ccc2Cl)cc1Br. The highest BCUT2D eigenvalue weighted by molar-refractivity contribution is 9.10. The summed E-state index contributed by atoms with van der Waals surface area (Å²) in [4.78, 5) is 0. The Balaban J connectivity index is 2.44. The molecule has 0 aliphatic rings. The van der Waals surface area contributed by atoms with Gasteiger partial charge in [-0.05, 0) is 42.3 Å². The minimum absolute atomic E-state index is 0.503. The molecule has 0 saturated heterocycles. The van der Waals surface area contributed by atoms with Crippen molar-refractivity contribution >= 4 is 39.1 Å². The van der Waals surface area contributed by atoms with Crippen molar-refractivity contribution in [3.63, 3.8) is 0 Å². The Morgan fingerprint density at radius 2 is 1.83 bits per heavy atom. The van der Waals surface area contributed by atoms with Crippen molar-refractivity contribution in [2.75, 3.05) is 0 Å². The third-order valence-corrected chi connectivity index (χ3v) is 4.20. The molecule has 0 radical (unpaired) electrons. The zero-order valence-electron chi connectivity index (χ0n) is 9.62. The fourth-order valence-corrected chi connectivity index (χ4v) is 2.48. The van der Waals surface area contributed by atoms with E-state index in [1.807, 2.05) is 25.1 Å². The van der Waals surface area contributed by atoms with Crippen LogP contribution in [0.25, 0.3) is 0 Å². The lowest BCUT2D eigenvalue weighted by Gasteiger charge is -2.14. The molecule has 0 aliphatic heterocycles. The second-order valence-corrected chi connectivity index (χ2v) is 5.77. The molecule has 0 saturated carbocycles. The summed E-state index contributed by atoms with van der Waals surface area (Å²) in [5.74, 6) is 0. The first-order valence-electron chi connectivity index (χ1n) is 5.38. The number of hydrogen-bond acceptors (Lipinski definition) is 1. The van der Waals surface area contributed by atoms with Crippen molar-refractivity contribution in [1.82, 2.24) is 0 Å². The van der Waals surface area contributed by atoms with E-state index in [0.717, 1.165) is 15.6 Å². The van der Waals surface area contributed by atoms with E-state index in [1.54, 1.807) is 18.2 Å². The Bertz CT molecular complexity index is 584. The van der Waals surface area contributed by atoms with Gasteiger partial charge in [0.05, 0.1) is 0 Å². The van der Waals surface area contributed by atoms with Gasteiger partial charge in [-0.3, -0.25) is 0 Å². The second kappa shape index (κ2) is 5.62. The summed E-state index contributed by atoms with van der Waals surface area (Å²) >= 11 is 15.5. The Kier molecular flexibility index (Phi) is 4.33. The van der Waals surface area contributed by atoms with Crippen LogP contribution in [0, 0.1) is 6.92 Å². The number of benzene rings is 2. The highest BCUT2D eigenvalue weighted by Gasteiger charge is 2.15. The molecule has 0 fully saturated rings. The van der Waals surface area contributed by atoms with Crippen molar-refractivity contribution in [3.05, 3.63) is 67.6 Å². The van der Waals surface area contributed by atoms with Gasteiger partial charge in [0.2, 0.25) is 0 Å². The number of hydrogen-bond donors (Lipinski definition) is 1. The van der Waals surface area contributed by atoms with Crippen molar-refractivity contribution in [1.29, 1.82) is 0 Å². The summed E-state index contributed by atoms with van der Waals surface area (Å²) in [6.45, 7) is 1.99. The molecule has 0 amide bonds. The van der Waals surface area contributed by atoms with Gasteiger partial charge >= 0.3 is 0 Å². The van der Waals surface area contributed by atoms with Crippen molar-refractivity contribution in [2.45, 2.75) is 13.0 Å². The quantitative estimate of drug-likeness (QED) is 0.798. The number of aryl methyl sites for hydroxylation is 1. The Morgan fingerprint density at radius 1 is 1.11 bits per heavy atom. The lowest BCUT2D eigenvalue weighted by molar-refractivity contribution is 0.220. The van der Waals surface area contributed by atoms with E-state index in [1.165, 1.54) is 0 Å². The average molecular weight is 346 g/mol. The maximum atomic E-state index is 10.3. The van der Waals surface area contributed by atoms with E-state index in [4.69, 9.17) is 23.2 Å². The van der Waals surface area contributed by atoms with Crippen LogP contribution >= 0.6 is 39.1 Å². The van der Waals surface area contributed by atoms with Crippen molar-refractivity contribution in [2.24, 2.45) is 0 Å². The summed E-state index contributed by atoms with van der Waals surface area (Å²) in [6.07, 6.45) is -0.784. The summed E-state index contributed by atoms with van der Waals surface area (Å²) in [7, 11) is 0. The molecular formula is C14H11BrCl2O. The molecule has 0 aliphatic carbocycles. The molecule has 1 atom stereocenters. The van der Waals surface area contributed by atoms with Crippen LogP contribution in [0.2, 0.25) is 10.0 Å². The molecule has 0 spiro atoms. The van der Waals surface area contributed by atoms with Gasteiger partial charge in [-0.15, -0.1) is 0 Å². The van der Waals surface area contributed by atoms with Gasteiger partial charge in [0.25, 0.3) is 0 Å². The Hall–Kier alpha value is -0.540. The molecule has 0 bridgehead atoms. The molecule has 4 heteroatoms. The maximum absolute atomic E-state index is 10.3. The van der Waals surface area contributed by atoms with Crippen molar-refractivity contribution in [3.8, 4) is 0 Å². The Morgan fingerprint density at radius 3 is 2.50 bits per heavy atom. The topological polar surface area (TPSA) is 20.2 Å². The predicted molar refractivity (Wildman–Crippen MR) is 79.4 cm³/mol. The van der Waals surface area contributed by atoms with E-state index < -0.39 is 6.10 Å². The lowest BCUT2D eigenvalue weighted by atomic mass is 10.0. The molecule has 2 aromatic carbocycles. The summed E-state index contributed by atoms with van der Waals surface area (Å²) in [5.41, 5.74) is 2.50. The van der Waals surface area contributed by atoms with E-state index in [-0.39, 0.29) is 0 Å². The van der Waals surface area contributed by atoms with Gasteiger partial charge in [-0.2, -0.15) is 0 Å². The normalized spacial score (nSPS) is 12.5. The molecule has 2 rings (SSSR count). The molecule has 1 unspecified atom stereocenters. The van der Waals surface area contributed by atoms with Gasteiger partial charge in [-0.1, -0.05) is 51.3 Å². The lowest BCUT2D eigenvalue weighted by Crippen LogP contribution is -2.01. The van der Waals surface area contributed by atoms with Gasteiger partial charge in [0.15, 0.2) is 0 Å². The highest BCUT2D eigenvalue weighted by atomic mass is 79.9. The van der Waals surface area contributed by atoms with Crippen LogP contribution < -0.4 is 0 Å². The summed E-state index contributed by atoms with van der Waals surface area (Å²) < 4.78 is 0.956. The minimum atomic E-state index is -0.784. The minimum Gasteiger partial charge on any atom is -0.384 e. The van der Waals surface area contributed by atoms with E-state index in [0.29, 0.717) is 15.6 Å². The third-order valence-electron chi connectivity index (χ3n) is 2.76. The van der Waals surface area contributed by atoms with Gasteiger partial charge in [0.1, 0.15) is 6.10 Å². The largest absolute Gasteiger partial charge is 0.384 e. The van der Waals surface area contributed by atoms with Crippen LogP contribution in [0.1, 0.15) is 22.8 Å². The number of aliphatic hydroxyl groups excluding tert-OH is 1. The number of rotatable bonds is 2. The monoisotopic (exact) mass is 344 g/mol. The molecule has 0 aromatic heterocycles. The molecular weight excluding hydrogens is 335 g/mol. The standard InChI is InChI=1S/C14H11BrCl2O/c1-8-2-3-9(6-12(8)15)14(18)11-7-10(16)4-5-13(11)17/h2-7,14,18H,1H3. The first-order chi connectivity index (χ1) is 8.49. The molecule has 2 aromatic rings. The summed E-state index contributed by atoms with van der Waals surface area (Å²) in [5, 5.41) is 11.4. The van der Waals surface area contributed by atoms with Gasteiger partial charge < -0.3 is 5.11 Å². The zero-order valence-corrected chi connectivity index (χ0v) is 12.7. The molecule has 0 heterocycles. The van der Waals surface area contributed by atoms with Gasteiger partial charge in [0, 0.05) is 20.1 Å². The molecule has 18 heavy (non-hydrogen) atoms. The first kappa shape index (κ1) is 13.9. The van der Waals surface area contributed by atoms with Gasteiger partial charge in [-0.25, -0.2) is 0 Å². The predicted octanol–water partition coefficient (Wildman–Crippen LogP) is 5.15.